The molecule has 1 aromatic carbocycles. The van der Waals surface area contributed by atoms with Crippen LogP contribution in [0.5, 0.6) is 5.75 Å². The van der Waals surface area contributed by atoms with Crippen molar-refractivity contribution < 1.29 is 9.53 Å². The molecule has 0 radical (unpaired) electrons. The summed E-state index contributed by atoms with van der Waals surface area (Å²) in [5.41, 5.74) is 3.32. The predicted molar refractivity (Wildman–Crippen MR) is 132 cm³/mol. The summed E-state index contributed by atoms with van der Waals surface area (Å²) in [6.45, 7) is 2.13. The molecule has 4 rings (SSSR count). The summed E-state index contributed by atoms with van der Waals surface area (Å²) in [5.74, 6) is 2.01. The minimum Gasteiger partial charge on any atom is -0.495 e. The molecule has 2 aliphatic rings. The van der Waals surface area contributed by atoms with Crippen LogP contribution in [-0.2, 0) is 17.6 Å². The topological polar surface area (TPSA) is 82.6 Å². The summed E-state index contributed by atoms with van der Waals surface area (Å²) in [6.07, 6.45) is 8.11. The zero-order chi connectivity index (χ0) is 23.4. The Kier molecular flexibility index (Phi) is 7.55. The number of carbonyl (C=O) groups is 1. The Hall–Kier alpha value is -2.58. The number of hydrogen-bond donors (Lipinski definition) is 2. The summed E-state index contributed by atoms with van der Waals surface area (Å²) in [4.78, 5) is 25.0. The van der Waals surface area contributed by atoms with Crippen molar-refractivity contribution in [2.45, 2.75) is 44.6 Å². The SMILES string of the molecule is COc1cc2c(cc1Nc1ncc(Cl)c(NC3CCCC3)n1)CCN(CC(=O)N(C)C)CC2. The third kappa shape index (κ3) is 5.86. The van der Waals surface area contributed by atoms with Crippen molar-refractivity contribution in [3.63, 3.8) is 0 Å². The normalized spacial score (nSPS) is 16.7. The van der Waals surface area contributed by atoms with Crippen molar-refractivity contribution in [3.8, 4) is 5.75 Å². The van der Waals surface area contributed by atoms with Crippen LogP contribution in [0.1, 0.15) is 36.8 Å². The second-order valence-corrected chi connectivity index (χ2v) is 9.43. The molecule has 178 valence electrons. The van der Waals surface area contributed by atoms with E-state index in [9.17, 15) is 4.79 Å². The number of likely N-dealkylation sites (N-methyl/N-ethyl adjacent to an activating group) is 1. The van der Waals surface area contributed by atoms with Gasteiger partial charge < -0.3 is 20.3 Å². The van der Waals surface area contributed by atoms with Crippen LogP contribution in [0.25, 0.3) is 0 Å². The van der Waals surface area contributed by atoms with Gasteiger partial charge in [0.1, 0.15) is 10.8 Å². The minimum atomic E-state index is 0.128. The quantitative estimate of drug-likeness (QED) is 0.635. The van der Waals surface area contributed by atoms with Crippen molar-refractivity contribution in [2.24, 2.45) is 0 Å². The molecule has 2 heterocycles. The van der Waals surface area contributed by atoms with Gasteiger partial charge in [-0.1, -0.05) is 24.4 Å². The Labute approximate surface area is 200 Å². The van der Waals surface area contributed by atoms with E-state index in [1.807, 2.05) is 0 Å². The molecule has 0 atom stereocenters. The number of rotatable bonds is 7. The number of fused-ring (bicyclic) bond motifs is 1. The zero-order valence-electron chi connectivity index (χ0n) is 19.7. The lowest BCUT2D eigenvalue weighted by molar-refractivity contribution is -0.129. The molecule has 0 spiro atoms. The zero-order valence-corrected chi connectivity index (χ0v) is 20.4. The lowest BCUT2D eigenvalue weighted by atomic mass is 10.0. The number of halogens is 1. The average molecular weight is 473 g/mol. The highest BCUT2D eigenvalue weighted by molar-refractivity contribution is 6.32. The predicted octanol–water partition coefficient (Wildman–Crippen LogP) is 3.73. The lowest BCUT2D eigenvalue weighted by Gasteiger charge is -2.21. The first-order valence-corrected chi connectivity index (χ1v) is 12.0. The van der Waals surface area contributed by atoms with E-state index in [4.69, 9.17) is 16.3 Å². The largest absolute Gasteiger partial charge is 0.495 e. The van der Waals surface area contributed by atoms with E-state index < -0.39 is 0 Å². The van der Waals surface area contributed by atoms with E-state index in [0.717, 1.165) is 50.2 Å². The summed E-state index contributed by atoms with van der Waals surface area (Å²) in [7, 11) is 5.26. The maximum absolute atomic E-state index is 12.1. The highest BCUT2D eigenvalue weighted by Gasteiger charge is 2.21. The summed E-state index contributed by atoms with van der Waals surface area (Å²) in [6, 6.07) is 4.62. The van der Waals surface area contributed by atoms with Crippen LogP contribution in [0.15, 0.2) is 18.3 Å². The van der Waals surface area contributed by atoms with Gasteiger partial charge in [-0.15, -0.1) is 0 Å². The molecule has 1 aliphatic heterocycles. The molecule has 33 heavy (non-hydrogen) atoms. The fraction of sp³-hybridized carbons (Fsp3) is 0.542. The number of carbonyl (C=O) groups excluding carboxylic acids is 1. The lowest BCUT2D eigenvalue weighted by Crippen LogP contribution is -2.37. The number of hydrogen-bond acceptors (Lipinski definition) is 7. The first kappa shape index (κ1) is 23.6. The Bertz CT molecular complexity index is 993. The number of amides is 1. The van der Waals surface area contributed by atoms with Gasteiger partial charge in [0.2, 0.25) is 11.9 Å². The second-order valence-electron chi connectivity index (χ2n) is 9.03. The van der Waals surface area contributed by atoms with E-state index in [1.165, 1.54) is 24.0 Å². The molecule has 0 unspecified atom stereocenters. The smallest absolute Gasteiger partial charge is 0.236 e. The molecule has 2 N–H and O–H groups in total. The van der Waals surface area contributed by atoms with E-state index in [0.29, 0.717) is 29.4 Å². The van der Waals surface area contributed by atoms with Gasteiger partial charge in [0, 0.05) is 33.2 Å². The van der Waals surface area contributed by atoms with Gasteiger partial charge in [-0.3, -0.25) is 9.69 Å². The van der Waals surface area contributed by atoms with Gasteiger partial charge in [-0.25, -0.2) is 4.98 Å². The second kappa shape index (κ2) is 10.6. The Balaban J connectivity index is 1.50. The summed E-state index contributed by atoms with van der Waals surface area (Å²) >= 11 is 6.35. The summed E-state index contributed by atoms with van der Waals surface area (Å²) < 4.78 is 5.67. The van der Waals surface area contributed by atoms with Crippen molar-refractivity contribution in [3.05, 3.63) is 34.5 Å². The third-order valence-electron chi connectivity index (χ3n) is 6.46. The minimum absolute atomic E-state index is 0.128. The van der Waals surface area contributed by atoms with Gasteiger partial charge in [0.25, 0.3) is 0 Å². The molecule has 1 amide bonds. The fourth-order valence-corrected chi connectivity index (χ4v) is 4.62. The van der Waals surface area contributed by atoms with Crippen molar-refractivity contribution in [1.82, 2.24) is 19.8 Å². The van der Waals surface area contributed by atoms with Gasteiger partial charge in [-0.2, -0.15) is 4.98 Å². The van der Waals surface area contributed by atoms with Crippen LogP contribution in [-0.4, -0.2) is 72.6 Å². The molecule has 1 saturated carbocycles. The molecule has 1 aromatic heterocycles. The molecule has 9 heteroatoms. The number of benzene rings is 1. The third-order valence-corrected chi connectivity index (χ3v) is 6.74. The number of nitrogens with zero attached hydrogens (tertiary/aromatic N) is 4. The van der Waals surface area contributed by atoms with E-state index in [2.05, 4.69) is 37.6 Å². The number of ether oxygens (including phenoxy) is 1. The monoisotopic (exact) mass is 472 g/mol. The molecule has 2 aromatic rings. The number of aromatic nitrogens is 2. The van der Waals surface area contributed by atoms with E-state index in [-0.39, 0.29) is 5.91 Å². The first-order chi connectivity index (χ1) is 15.9. The maximum Gasteiger partial charge on any atom is 0.236 e. The molecular formula is C24H33ClN6O2. The van der Waals surface area contributed by atoms with E-state index >= 15 is 0 Å². The fourth-order valence-electron chi connectivity index (χ4n) is 4.47. The van der Waals surface area contributed by atoms with E-state index in [1.54, 1.807) is 32.3 Å². The standard InChI is InChI=1S/C24H33ClN6O2/c1-30(2)22(32)15-31-10-8-16-12-20(21(33-3)13-17(16)9-11-31)28-24-26-14-19(25)23(29-24)27-18-6-4-5-7-18/h12-14,18H,4-11,15H2,1-3H3,(H2,26,27,28,29). The number of nitrogens with one attached hydrogen (secondary N) is 2. The van der Waals surface area contributed by atoms with Gasteiger partial charge in [0.15, 0.2) is 5.82 Å². The average Bonchev–Trinajstić information content (AvgIpc) is 3.23. The van der Waals surface area contributed by atoms with Crippen LogP contribution < -0.4 is 15.4 Å². The van der Waals surface area contributed by atoms with Crippen molar-refractivity contribution >= 4 is 35.0 Å². The van der Waals surface area contributed by atoms with Gasteiger partial charge >= 0.3 is 0 Å². The molecular weight excluding hydrogens is 440 g/mol. The Morgan fingerprint density at radius 1 is 1.21 bits per heavy atom. The van der Waals surface area contributed by atoms with Crippen LogP contribution >= 0.6 is 11.6 Å². The summed E-state index contributed by atoms with van der Waals surface area (Å²) in [5, 5.41) is 7.31. The first-order valence-electron chi connectivity index (χ1n) is 11.6. The highest BCUT2D eigenvalue weighted by atomic mass is 35.5. The van der Waals surface area contributed by atoms with Gasteiger partial charge in [-0.05, 0) is 48.9 Å². The maximum atomic E-state index is 12.1. The number of methoxy groups -OCH3 is 1. The molecule has 0 saturated heterocycles. The molecule has 0 bridgehead atoms. The van der Waals surface area contributed by atoms with Crippen LogP contribution in [0, 0.1) is 0 Å². The number of anilines is 3. The Morgan fingerprint density at radius 3 is 2.58 bits per heavy atom. The van der Waals surface area contributed by atoms with Crippen LogP contribution in [0.3, 0.4) is 0 Å². The van der Waals surface area contributed by atoms with Crippen LogP contribution in [0.4, 0.5) is 17.5 Å². The van der Waals surface area contributed by atoms with Crippen molar-refractivity contribution in [1.29, 1.82) is 0 Å². The van der Waals surface area contributed by atoms with Crippen LogP contribution in [0.2, 0.25) is 5.02 Å². The van der Waals surface area contributed by atoms with Gasteiger partial charge in [0.05, 0.1) is 25.5 Å². The molecule has 1 fully saturated rings. The molecule has 8 nitrogen and oxygen atoms in total. The Morgan fingerprint density at radius 2 is 1.91 bits per heavy atom. The highest BCUT2D eigenvalue weighted by Crippen LogP contribution is 2.33. The molecule has 1 aliphatic carbocycles. The van der Waals surface area contributed by atoms with Crippen molar-refractivity contribution in [2.75, 3.05) is 51.5 Å².